The van der Waals surface area contributed by atoms with Crippen molar-refractivity contribution in [2.75, 3.05) is 38.1 Å². The largest absolute Gasteiger partial charge is 0.355 e. The third-order valence-electron chi connectivity index (χ3n) is 3.68. The van der Waals surface area contributed by atoms with E-state index in [4.69, 9.17) is 16.6 Å². The Kier molecular flexibility index (Phi) is 5.06. The average molecular weight is 282 g/mol. The number of alkyl halides is 1. The summed E-state index contributed by atoms with van der Waals surface area (Å²) in [6, 6.07) is 4.27. The molecule has 0 atom stereocenters. The highest BCUT2D eigenvalue weighted by molar-refractivity contribution is 6.17. The summed E-state index contributed by atoms with van der Waals surface area (Å²) in [5.41, 5.74) is 2.32. The van der Waals surface area contributed by atoms with Crippen LogP contribution >= 0.6 is 11.6 Å². The van der Waals surface area contributed by atoms with Crippen LogP contribution in [0.3, 0.4) is 0 Å². The van der Waals surface area contributed by atoms with Crippen molar-refractivity contribution in [3.05, 3.63) is 23.4 Å². The predicted octanol–water partition coefficient (Wildman–Crippen LogP) is 3.09. The second-order valence-corrected chi connectivity index (χ2v) is 5.96. The van der Waals surface area contributed by atoms with E-state index in [-0.39, 0.29) is 0 Å². The molecule has 1 aliphatic rings. The Hall–Kier alpha value is -0.800. The number of anilines is 1. The van der Waals surface area contributed by atoms with Gasteiger partial charge in [-0.15, -0.1) is 11.6 Å². The molecule has 0 saturated carbocycles. The van der Waals surface area contributed by atoms with Gasteiger partial charge in [0.15, 0.2) is 0 Å². The Morgan fingerprint density at radius 1 is 1.21 bits per heavy atom. The summed E-state index contributed by atoms with van der Waals surface area (Å²) in [5.74, 6) is 2.09. The molecule has 3 nitrogen and oxygen atoms in total. The fourth-order valence-corrected chi connectivity index (χ4v) is 2.56. The number of hydrogen-bond acceptors (Lipinski definition) is 3. The van der Waals surface area contributed by atoms with Gasteiger partial charge in [-0.25, -0.2) is 4.98 Å². The second-order valence-electron chi connectivity index (χ2n) is 5.69. The Labute approximate surface area is 121 Å². The van der Waals surface area contributed by atoms with Gasteiger partial charge in [-0.05, 0) is 43.6 Å². The van der Waals surface area contributed by atoms with Crippen LogP contribution in [0.5, 0.6) is 0 Å². The molecule has 2 heterocycles. The summed E-state index contributed by atoms with van der Waals surface area (Å²) in [4.78, 5) is 9.60. The zero-order valence-electron chi connectivity index (χ0n) is 12.2. The molecule has 0 N–H and O–H groups in total. The minimum Gasteiger partial charge on any atom is -0.355 e. The summed E-state index contributed by atoms with van der Waals surface area (Å²) in [7, 11) is 2.19. The van der Waals surface area contributed by atoms with E-state index in [1.165, 1.54) is 18.5 Å². The van der Waals surface area contributed by atoms with Gasteiger partial charge in [0.2, 0.25) is 0 Å². The molecule has 0 radical (unpaired) electrons. The summed E-state index contributed by atoms with van der Waals surface area (Å²) < 4.78 is 0. The minimum absolute atomic E-state index is 0.441. The fraction of sp³-hybridized carbons (Fsp3) is 0.667. The van der Waals surface area contributed by atoms with Crippen molar-refractivity contribution in [2.24, 2.45) is 0 Å². The van der Waals surface area contributed by atoms with Gasteiger partial charge in [-0.3, -0.25) is 0 Å². The summed E-state index contributed by atoms with van der Waals surface area (Å²) >= 11 is 6.02. The van der Waals surface area contributed by atoms with Gasteiger partial charge in [-0.2, -0.15) is 0 Å². The van der Waals surface area contributed by atoms with E-state index in [9.17, 15) is 0 Å². The first kappa shape index (κ1) is 14.6. The predicted molar refractivity (Wildman–Crippen MR) is 82.2 cm³/mol. The third kappa shape index (κ3) is 3.83. The highest BCUT2D eigenvalue weighted by Crippen LogP contribution is 2.22. The first-order chi connectivity index (χ1) is 9.10. The molecule has 0 aliphatic carbocycles. The number of likely N-dealkylation sites (N-methyl/N-ethyl adjacent to an activating group) is 1. The lowest BCUT2D eigenvalue weighted by Crippen LogP contribution is -2.29. The topological polar surface area (TPSA) is 19.4 Å². The van der Waals surface area contributed by atoms with Crippen LogP contribution in [0.1, 0.15) is 37.4 Å². The van der Waals surface area contributed by atoms with E-state index in [2.05, 4.69) is 42.8 Å². The quantitative estimate of drug-likeness (QED) is 0.794. The van der Waals surface area contributed by atoms with Gasteiger partial charge >= 0.3 is 0 Å². The summed E-state index contributed by atoms with van der Waals surface area (Å²) in [5, 5.41) is 0. The Bertz CT molecular complexity index is 420. The minimum atomic E-state index is 0.441. The monoisotopic (exact) mass is 281 g/mol. The maximum atomic E-state index is 6.02. The van der Waals surface area contributed by atoms with Crippen molar-refractivity contribution < 1.29 is 0 Å². The number of halogens is 1. The molecule has 0 spiro atoms. The zero-order valence-corrected chi connectivity index (χ0v) is 13.0. The molecule has 1 fully saturated rings. The van der Waals surface area contributed by atoms with Crippen molar-refractivity contribution >= 4 is 17.4 Å². The van der Waals surface area contributed by atoms with Crippen LogP contribution in [-0.4, -0.2) is 43.1 Å². The fourth-order valence-electron chi connectivity index (χ4n) is 2.40. The molecule has 106 valence electrons. The molecule has 19 heavy (non-hydrogen) atoms. The first-order valence-electron chi connectivity index (χ1n) is 7.10. The maximum absolute atomic E-state index is 6.02. The second kappa shape index (κ2) is 6.58. The molecule has 4 heteroatoms. The van der Waals surface area contributed by atoms with Gasteiger partial charge < -0.3 is 9.80 Å². The van der Waals surface area contributed by atoms with Crippen molar-refractivity contribution in [1.82, 2.24) is 9.88 Å². The van der Waals surface area contributed by atoms with Gasteiger partial charge in [0.1, 0.15) is 5.82 Å². The van der Waals surface area contributed by atoms with Crippen molar-refractivity contribution in [3.63, 3.8) is 0 Å². The van der Waals surface area contributed by atoms with Crippen molar-refractivity contribution in [1.29, 1.82) is 0 Å². The lowest BCUT2D eigenvalue weighted by atomic mass is 10.1. The molecule has 0 bridgehead atoms. The van der Waals surface area contributed by atoms with Crippen LogP contribution in [0.2, 0.25) is 0 Å². The number of aromatic nitrogens is 1. The lowest BCUT2D eigenvalue weighted by molar-refractivity contribution is 0.360. The SMILES string of the molecule is CC(C)c1cc(CCl)cc(N2CCCN(C)CC2)n1. The standard InChI is InChI=1S/C15H24ClN3/c1-12(2)14-9-13(11-16)10-15(17-14)19-6-4-5-18(3)7-8-19/h9-10,12H,4-8,11H2,1-3H3. The Morgan fingerprint density at radius 2 is 2.00 bits per heavy atom. The molecule has 0 amide bonds. The van der Waals surface area contributed by atoms with Crippen molar-refractivity contribution in [3.8, 4) is 0 Å². The summed E-state index contributed by atoms with van der Waals surface area (Å²) in [6.45, 7) is 8.76. The normalized spacial score (nSPS) is 17.8. The van der Waals surface area contributed by atoms with E-state index in [0.29, 0.717) is 11.8 Å². The molecule has 1 aliphatic heterocycles. The Morgan fingerprint density at radius 3 is 2.68 bits per heavy atom. The molecule has 0 unspecified atom stereocenters. The van der Waals surface area contributed by atoms with E-state index >= 15 is 0 Å². The summed E-state index contributed by atoms with van der Waals surface area (Å²) in [6.07, 6.45) is 1.19. The third-order valence-corrected chi connectivity index (χ3v) is 3.99. The molecule has 1 aromatic rings. The van der Waals surface area contributed by atoms with Gasteiger partial charge in [0.25, 0.3) is 0 Å². The van der Waals surface area contributed by atoms with E-state index in [1.807, 2.05) is 0 Å². The van der Waals surface area contributed by atoms with Gasteiger partial charge in [-0.1, -0.05) is 13.8 Å². The number of rotatable bonds is 3. The smallest absolute Gasteiger partial charge is 0.129 e. The van der Waals surface area contributed by atoms with Crippen LogP contribution in [-0.2, 0) is 5.88 Å². The van der Waals surface area contributed by atoms with Crippen LogP contribution in [0.15, 0.2) is 12.1 Å². The number of nitrogens with zero attached hydrogens (tertiary/aromatic N) is 3. The van der Waals surface area contributed by atoms with Crippen LogP contribution in [0.25, 0.3) is 0 Å². The van der Waals surface area contributed by atoms with Gasteiger partial charge in [0, 0.05) is 31.2 Å². The average Bonchev–Trinajstić information content (AvgIpc) is 2.63. The zero-order chi connectivity index (χ0) is 13.8. The maximum Gasteiger partial charge on any atom is 0.129 e. The number of hydrogen-bond donors (Lipinski definition) is 0. The van der Waals surface area contributed by atoms with E-state index in [0.717, 1.165) is 31.1 Å². The Balaban J connectivity index is 2.24. The van der Waals surface area contributed by atoms with E-state index < -0.39 is 0 Å². The van der Waals surface area contributed by atoms with Crippen LogP contribution in [0, 0.1) is 0 Å². The highest BCUT2D eigenvalue weighted by atomic mass is 35.5. The molecule has 1 aromatic heterocycles. The molecule has 2 rings (SSSR count). The lowest BCUT2D eigenvalue weighted by Gasteiger charge is -2.23. The van der Waals surface area contributed by atoms with Gasteiger partial charge in [0.05, 0.1) is 0 Å². The first-order valence-corrected chi connectivity index (χ1v) is 7.64. The van der Waals surface area contributed by atoms with Crippen molar-refractivity contribution in [2.45, 2.75) is 32.1 Å². The highest BCUT2D eigenvalue weighted by Gasteiger charge is 2.15. The van der Waals surface area contributed by atoms with Crippen LogP contribution in [0.4, 0.5) is 5.82 Å². The molecule has 1 saturated heterocycles. The molecular weight excluding hydrogens is 258 g/mol. The number of pyridine rings is 1. The molecular formula is C15H24ClN3. The molecule has 0 aromatic carbocycles. The van der Waals surface area contributed by atoms with E-state index in [1.54, 1.807) is 0 Å². The van der Waals surface area contributed by atoms with Crippen LogP contribution < -0.4 is 4.90 Å².